The summed E-state index contributed by atoms with van der Waals surface area (Å²) in [5.74, 6) is -1.04. The van der Waals surface area contributed by atoms with Gasteiger partial charge in [-0.15, -0.1) is 0 Å². The summed E-state index contributed by atoms with van der Waals surface area (Å²) in [5, 5.41) is 8.10. The second-order valence-corrected chi connectivity index (χ2v) is 10.5. The molecule has 1 N–H and O–H groups in total. The number of esters is 1. The van der Waals surface area contributed by atoms with Crippen molar-refractivity contribution in [2.45, 2.75) is 62.3 Å². The molecule has 10 heteroatoms. The maximum absolute atomic E-state index is 12.2. The topological polar surface area (TPSA) is 96.3 Å². The third kappa shape index (κ3) is 9.53. The molecule has 0 amide bonds. The molecule has 5 atom stereocenters. The number of halogens is 2. The van der Waals surface area contributed by atoms with Gasteiger partial charge in [0, 0.05) is 6.92 Å². The molecule has 0 saturated carbocycles. The molecule has 5 unspecified atom stereocenters. The van der Waals surface area contributed by atoms with E-state index >= 15 is 0 Å². The first kappa shape index (κ1) is 31.0. The zero-order chi connectivity index (χ0) is 29.0. The summed E-state index contributed by atoms with van der Waals surface area (Å²) in [6.45, 7) is 2.16. The predicted molar refractivity (Wildman–Crippen MR) is 155 cm³/mol. The molecule has 0 aromatic heterocycles. The van der Waals surface area contributed by atoms with Gasteiger partial charge in [-0.3, -0.25) is 10.2 Å². The monoisotopic (exact) mass is 601 g/mol. The lowest BCUT2D eigenvalue weighted by molar-refractivity contribution is -0.305. The molecule has 0 bridgehead atoms. The van der Waals surface area contributed by atoms with Gasteiger partial charge in [-0.05, 0) is 16.7 Å². The zero-order valence-electron chi connectivity index (χ0n) is 22.6. The summed E-state index contributed by atoms with van der Waals surface area (Å²) in [7, 11) is 0. The lowest BCUT2D eigenvalue weighted by Crippen LogP contribution is -2.62. The average Bonchev–Trinajstić information content (AvgIpc) is 2.98. The quantitative estimate of drug-likeness (QED) is 0.114. The molecule has 0 aliphatic carbocycles. The Labute approximate surface area is 249 Å². The highest BCUT2D eigenvalue weighted by atomic mass is 35.5. The Kier molecular flexibility index (Phi) is 12.0. The van der Waals surface area contributed by atoms with Crippen LogP contribution in [-0.4, -0.2) is 54.0 Å². The summed E-state index contributed by atoms with van der Waals surface area (Å²) in [6, 6.07) is 29.0. The Morgan fingerprint density at radius 3 is 1.73 bits per heavy atom. The van der Waals surface area contributed by atoms with Crippen molar-refractivity contribution in [1.29, 1.82) is 5.41 Å². The van der Waals surface area contributed by atoms with Gasteiger partial charge in [-0.25, -0.2) is 0 Å². The van der Waals surface area contributed by atoms with Gasteiger partial charge in [0.05, 0.1) is 26.4 Å². The largest absolute Gasteiger partial charge is 0.453 e. The van der Waals surface area contributed by atoms with Gasteiger partial charge in [-0.2, -0.15) is 0 Å². The fourth-order valence-electron chi connectivity index (χ4n) is 4.39. The number of hydrogen-bond donors (Lipinski definition) is 1. The number of carbonyl (C=O) groups is 1. The van der Waals surface area contributed by atoms with Gasteiger partial charge in [0.15, 0.2) is 10.9 Å². The van der Waals surface area contributed by atoms with Crippen molar-refractivity contribution < 1.29 is 33.2 Å². The SMILES string of the molecule is CC(=O)OC1C(OC(=N)C(Cl)Cl)OC(COCc2ccccc2)C(OCc2ccccc2)C1OCc1ccccc1. The van der Waals surface area contributed by atoms with Crippen molar-refractivity contribution in [3.05, 3.63) is 108 Å². The number of carbonyl (C=O) groups excluding carboxylic acids is 1. The molecule has 218 valence electrons. The second kappa shape index (κ2) is 15.9. The van der Waals surface area contributed by atoms with Gasteiger partial charge < -0.3 is 28.4 Å². The Hall–Kier alpha value is -2.98. The van der Waals surface area contributed by atoms with Crippen LogP contribution in [0.4, 0.5) is 0 Å². The van der Waals surface area contributed by atoms with E-state index in [1.165, 1.54) is 6.92 Å². The van der Waals surface area contributed by atoms with Crippen LogP contribution in [0, 0.1) is 5.41 Å². The molecule has 3 aromatic carbocycles. The maximum atomic E-state index is 12.2. The van der Waals surface area contributed by atoms with Crippen molar-refractivity contribution in [2.75, 3.05) is 6.61 Å². The Bertz CT molecular complexity index is 1220. The normalized spacial score (nSPS) is 22.3. The van der Waals surface area contributed by atoms with Crippen LogP contribution < -0.4 is 0 Å². The third-order valence-corrected chi connectivity index (χ3v) is 6.70. The second-order valence-electron chi connectivity index (χ2n) is 9.42. The predicted octanol–water partition coefficient (Wildman–Crippen LogP) is 5.83. The first-order chi connectivity index (χ1) is 19.9. The molecular formula is C31H33Cl2NO7. The molecule has 0 radical (unpaired) electrons. The van der Waals surface area contributed by atoms with E-state index in [1.54, 1.807) is 0 Å². The number of benzene rings is 3. The minimum absolute atomic E-state index is 0.102. The lowest BCUT2D eigenvalue weighted by atomic mass is 9.98. The summed E-state index contributed by atoms with van der Waals surface area (Å²) < 4.78 is 36.5. The number of alkyl halides is 2. The van der Waals surface area contributed by atoms with Crippen LogP contribution in [0.3, 0.4) is 0 Å². The van der Waals surface area contributed by atoms with E-state index in [0.29, 0.717) is 6.61 Å². The number of ether oxygens (including phenoxy) is 6. The maximum Gasteiger partial charge on any atom is 0.303 e. The average molecular weight is 603 g/mol. The highest BCUT2D eigenvalue weighted by Gasteiger charge is 2.51. The van der Waals surface area contributed by atoms with Crippen molar-refractivity contribution in [3.63, 3.8) is 0 Å². The molecule has 4 rings (SSSR count). The number of hydrogen-bond acceptors (Lipinski definition) is 8. The first-order valence-corrected chi connectivity index (χ1v) is 14.1. The van der Waals surface area contributed by atoms with Gasteiger partial charge in [0.2, 0.25) is 12.2 Å². The molecule has 1 saturated heterocycles. The van der Waals surface area contributed by atoms with Crippen LogP contribution >= 0.6 is 23.2 Å². The Morgan fingerprint density at radius 2 is 1.24 bits per heavy atom. The van der Waals surface area contributed by atoms with Crippen molar-refractivity contribution >= 4 is 35.1 Å². The molecule has 1 aliphatic heterocycles. The van der Waals surface area contributed by atoms with Crippen LogP contribution in [0.25, 0.3) is 0 Å². The first-order valence-electron chi connectivity index (χ1n) is 13.2. The fourth-order valence-corrected chi connectivity index (χ4v) is 4.50. The smallest absolute Gasteiger partial charge is 0.303 e. The van der Waals surface area contributed by atoms with E-state index in [4.69, 9.17) is 57.0 Å². The zero-order valence-corrected chi connectivity index (χ0v) is 24.1. The molecule has 0 spiro atoms. The highest BCUT2D eigenvalue weighted by Crippen LogP contribution is 2.31. The van der Waals surface area contributed by atoms with Crippen molar-refractivity contribution in [2.24, 2.45) is 0 Å². The summed E-state index contributed by atoms with van der Waals surface area (Å²) in [5.41, 5.74) is 2.84. The van der Waals surface area contributed by atoms with Crippen LogP contribution in [0.1, 0.15) is 23.6 Å². The Balaban J connectivity index is 1.63. The minimum atomic E-state index is -1.26. The standard InChI is InChI=1S/C31H33Cl2NO7/c1-21(35)39-28-27(38-19-24-15-9-4-10-16-24)26(37-18-23-13-7-3-8-14-23)25(40-31(28)41-30(34)29(32)33)20-36-17-22-11-5-2-6-12-22/h2-16,25-29,31,34H,17-20H2,1H3. The number of rotatable bonds is 13. The molecule has 8 nitrogen and oxygen atoms in total. The van der Waals surface area contributed by atoms with Gasteiger partial charge in [0.25, 0.3) is 0 Å². The molecule has 1 aliphatic rings. The summed E-state index contributed by atoms with van der Waals surface area (Å²) >= 11 is 11.8. The molecule has 1 fully saturated rings. The molecule has 3 aromatic rings. The molecule has 1 heterocycles. The van der Waals surface area contributed by atoms with Crippen LogP contribution in [0.2, 0.25) is 0 Å². The highest BCUT2D eigenvalue weighted by molar-refractivity contribution is 6.53. The summed E-state index contributed by atoms with van der Waals surface area (Å²) in [6.07, 6.45) is -4.68. The van der Waals surface area contributed by atoms with E-state index in [9.17, 15) is 4.79 Å². The molecular weight excluding hydrogens is 569 g/mol. The van der Waals surface area contributed by atoms with Gasteiger partial charge >= 0.3 is 5.97 Å². The van der Waals surface area contributed by atoms with Crippen LogP contribution in [0.15, 0.2) is 91.0 Å². The molecule has 41 heavy (non-hydrogen) atoms. The van der Waals surface area contributed by atoms with Crippen molar-refractivity contribution in [3.8, 4) is 0 Å². The minimum Gasteiger partial charge on any atom is -0.453 e. The van der Waals surface area contributed by atoms with E-state index in [2.05, 4.69) is 0 Å². The third-order valence-electron chi connectivity index (χ3n) is 6.30. The summed E-state index contributed by atoms with van der Waals surface area (Å²) in [4.78, 5) is 11.0. The number of nitrogens with one attached hydrogen (secondary N) is 1. The van der Waals surface area contributed by atoms with Crippen molar-refractivity contribution in [1.82, 2.24) is 0 Å². The van der Waals surface area contributed by atoms with Gasteiger partial charge in [0.1, 0.15) is 18.3 Å². The van der Waals surface area contributed by atoms with E-state index in [1.807, 2.05) is 91.0 Å². The lowest BCUT2D eigenvalue weighted by Gasteiger charge is -2.45. The van der Waals surface area contributed by atoms with Crippen LogP contribution in [0.5, 0.6) is 0 Å². The van der Waals surface area contributed by atoms with E-state index < -0.39 is 47.4 Å². The van der Waals surface area contributed by atoms with E-state index in [0.717, 1.165) is 16.7 Å². The fraction of sp³-hybridized carbons (Fsp3) is 0.355. The van der Waals surface area contributed by atoms with Gasteiger partial charge in [-0.1, -0.05) is 114 Å². The van der Waals surface area contributed by atoms with Crippen LogP contribution in [-0.2, 0) is 53.0 Å². The van der Waals surface area contributed by atoms with E-state index in [-0.39, 0.29) is 19.8 Å². The Morgan fingerprint density at radius 1 is 0.756 bits per heavy atom.